The summed E-state index contributed by atoms with van der Waals surface area (Å²) < 4.78 is 1.87. The molecule has 20 heavy (non-hydrogen) atoms. The summed E-state index contributed by atoms with van der Waals surface area (Å²) in [5.41, 5.74) is 11.3. The van der Waals surface area contributed by atoms with Gasteiger partial charge >= 0.3 is 0 Å². The molecule has 5 heteroatoms. The number of nitrogen functional groups attached to an aromatic ring is 1. The second-order valence-electron chi connectivity index (χ2n) is 5.38. The van der Waals surface area contributed by atoms with Gasteiger partial charge in [-0.3, -0.25) is 4.68 Å². The minimum atomic E-state index is 0.767. The molecule has 0 spiro atoms. The average Bonchev–Trinajstić information content (AvgIpc) is 2.66. The van der Waals surface area contributed by atoms with E-state index < -0.39 is 0 Å². The van der Waals surface area contributed by atoms with Crippen LogP contribution in [0.2, 0.25) is 5.02 Å². The van der Waals surface area contributed by atoms with Crippen LogP contribution in [-0.4, -0.2) is 16.3 Å². The number of hydrogen-bond donors (Lipinski definition) is 1. The molecule has 1 aromatic heterocycles. The van der Waals surface area contributed by atoms with Crippen molar-refractivity contribution in [1.82, 2.24) is 9.78 Å². The predicted octanol–water partition coefficient (Wildman–Crippen LogP) is 2.92. The fourth-order valence-electron chi connectivity index (χ4n) is 2.86. The van der Waals surface area contributed by atoms with Crippen molar-refractivity contribution in [1.29, 1.82) is 0 Å². The van der Waals surface area contributed by atoms with Crippen LogP contribution in [0.15, 0.2) is 18.2 Å². The first kappa shape index (κ1) is 13.3. The van der Waals surface area contributed by atoms with Gasteiger partial charge in [0.1, 0.15) is 0 Å². The molecule has 0 radical (unpaired) electrons. The zero-order valence-electron chi connectivity index (χ0n) is 11.9. The SMILES string of the molecule is Cc1nn(C)c(CN2CCCc3ccc(N)cc32)c1Cl. The number of benzene rings is 1. The zero-order valence-corrected chi connectivity index (χ0v) is 12.6. The molecule has 1 aliphatic rings. The van der Waals surface area contributed by atoms with Crippen LogP contribution in [0.5, 0.6) is 0 Å². The number of halogens is 1. The monoisotopic (exact) mass is 290 g/mol. The number of rotatable bonds is 2. The minimum Gasteiger partial charge on any atom is -0.399 e. The summed E-state index contributed by atoms with van der Waals surface area (Å²) in [6.45, 7) is 3.73. The molecule has 0 fully saturated rings. The quantitative estimate of drug-likeness (QED) is 0.865. The van der Waals surface area contributed by atoms with E-state index in [9.17, 15) is 0 Å². The summed E-state index contributed by atoms with van der Waals surface area (Å²) in [4.78, 5) is 2.34. The molecule has 3 rings (SSSR count). The fraction of sp³-hybridized carbons (Fsp3) is 0.400. The van der Waals surface area contributed by atoms with Crippen LogP contribution in [0.25, 0.3) is 0 Å². The maximum Gasteiger partial charge on any atom is 0.0865 e. The van der Waals surface area contributed by atoms with Crippen molar-refractivity contribution in [2.45, 2.75) is 26.3 Å². The molecule has 4 nitrogen and oxygen atoms in total. The van der Waals surface area contributed by atoms with Crippen molar-refractivity contribution in [3.05, 3.63) is 40.2 Å². The molecule has 2 N–H and O–H groups in total. The van der Waals surface area contributed by atoms with E-state index in [1.165, 1.54) is 11.3 Å². The van der Waals surface area contributed by atoms with Crippen LogP contribution >= 0.6 is 11.6 Å². The van der Waals surface area contributed by atoms with E-state index in [2.05, 4.69) is 22.1 Å². The second kappa shape index (κ2) is 5.02. The largest absolute Gasteiger partial charge is 0.399 e. The molecule has 0 bridgehead atoms. The Labute approximate surface area is 124 Å². The molecule has 2 aromatic rings. The van der Waals surface area contributed by atoms with Crippen LogP contribution in [0.3, 0.4) is 0 Å². The summed E-state index contributed by atoms with van der Waals surface area (Å²) in [7, 11) is 1.94. The lowest BCUT2D eigenvalue weighted by atomic mass is 10.0. The third-order valence-corrected chi connectivity index (χ3v) is 4.42. The van der Waals surface area contributed by atoms with E-state index in [0.29, 0.717) is 0 Å². The third-order valence-electron chi connectivity index (χ3n) is 3.93. The highest BCUT2D eigenvalue weighted by Gasteiger charge is 2.20. The molecule has 0 saturated carbocycles. The highest BCUT2D eigenvalue weighted by atomic mass is 35.5. The maximum atomic E-state index is 6.36. The van der Waals surface area contributed by atoms with Crippen LogP contribution in [0, 0.1) is 6.92 Å². The molecular weight excluding hydrogens is 272 g/mol. The van der Waals surface area contributed by atoms with Gasteiger partial charge in [0.2, 0.25) is 0 Å². The maximum absolute atomic E-state index is 6.36. The number of nitrogens with zero attached hydrogens (tertiary/aromatic N) is 3. The minimum absolute atomic E-state index is 0.767. The van der Waals surface area contributed by atoms with Crippen molar-refractivity contribution < 1.29 is 0 Å². The van der Waals surface area contributed by atoms with Gasteiger partial charge in [0.25, 0.3) is 0 Å². The van der Waals surface area contributed by atoms with Crippen molar-refractivity contribution in [2.24, 2.45) is 7.05 Å². The van der Waals surface area contributed by atoms with E-state index >= 15 is 0 Å². The molecule has 2 heterocycles. The third kappa shape index (κ3) is 2.24. The Morgan fingerprint density at radius 3 is 2.90 bits per heavy atom. The van der Waals surface area contributed by atoms with Crippen LogP contribution < -0.4 is 10.6 Å². The van der Waals surface area contributed by atoms with Crippen molar-refractivity contribution in [3.63, 3.8) is 0 Å². The van der Waals surface area contributed by atoms with Gasteiger partial charge in [-0.05, 0) is 37.5 Å². The molecule has 0 saturated heterocycles. The molecule has 0 aliphatic carbocycles. The van der Waals surface area contributed by atoms with Gasteiger partial charge in [-0.15, -0.1) is 0 Å². The van der Waals surface area contributed by atoms with Gasteiger partial charge in [-0.1, -0.05) is 17.7 Å². The highest BCUT2D eigenvalue weighted by molar-refractivity contribution is 6.31. The van der Waals surface area contributed by atoms with Gasteiger partial charge in [-0.2, -0.15) is 5.10 Å². The Morgan fingerprint density at radius 2 is 2.20 bits per heavy atom. The van der Waals surface area contributed by atoms with E-state index in [1.54, 1.807) is 0 Å². The summed E-state index contributed by atoms with van der Waals surface area (Å²) in [6, 6.07) is 6.17. The lowest BCUT2D eigenvalue weighted by Crippen LogP contribution is -2.29. The topological polar surface area (TPSA) is 47.1 Å². The van der Waals surface area contributed by atoms with Gasteiger partial charge in [0, 0.05) is 25.0 Å². The Kier molecular flexibility index (Phi) is 3.34. The first-order chi connectivity index (χ1) is 9.56. The number of aryl methyl sites for hydroxylation is 3. The van der Waals surface area contributed by atoms with Crippen LogP contribution in [0.1, 0.15) is 23.4 Å². The standard InChI is InChI=1S/C15H19ClN4/c1-10-15(16)14(19(2)18-10)9-20-7-3-4-11-5-6-12(17)8-13(11)20/h5-6,8H,3-4,7,9,17H2,1-2H3. The second-order valence-corrected chi connectivity index (χ2v) is 5.76. The van der Waals surface area contributed by atoms with Crippen LogP contribution in [-0.2, 0) is 20.0 Å². The molecule has 1 aromatic carbocycles. The van der Waals surface area contributed by atoms with Crippen molar-refractivity contribution in [2.75, 3.05) is 17.2 Å². The number of fused-ring (bicyclic) bond motifs is 1. The summed E-state index contributed by atoms with van der Waals surface area (Å²) >= 11 is 6.36. The van der Waals surface area contributed by atoms with Gasteiger partial charge in [0.15, 0.2) is 0 Å². The molecule has 106 valence electrons. The van der Waals surface area contributed by atoms with Crippen molar-refractivity contribution >= 4 is 23.0 Å². The lowest BCUT2D eigenvalue weighted by Gasteiger charge is -2.31. The molecule has 0 amide bonds. The normalized spacial score (nSPS) is 14.4. The predicted molar refractivity (Wildman–Crippen MR) is 83.2 cm³/mol. The number of hydrogen-bond acceptors (Lipinski definition) is 3. The summed E-state index contributed by atoms with van der Waals surface area (Å²) in [6.07, 6.45) is 2.27. The van der Waals surface area contributed by atoms with Gasteiger partial charge in [-0.25, -0.2) is 0 Å². The zero-order chi connectivity index (χ0) is 14.3. The Hall–Kier alpha value is -1.68. The van der Waals surface area contributed by atoms with Crippen LogP contribution in [0.4, 0.5) is 11.4 Å². The smallest absolute Gasteiger partial charge is 0.0865 e. The lowest BCUT2D eigenvalue weighted by molar-refractivity contribution is 0.643. The highest BCUT2D eigenvalue weighted by Crippen LogP contribution is 2.31. The Bertz CT molecular complexity index is 648. The summed E-state index contributed by atoms with van der Waals surface area (Å²) in [5.74, 6) is 0. The number of nitrogens with two attached hydrogens (primary N) is 1. The van der Waals surface area contributed by atoms with E-state index in [-0.39, 0.29) is 0 Å². The molecule has 1 aliphatic heterocycles. The molecular formula is C15H19ClN4. The molecule has 0 atom stereocenters. The van der Waals surface area contributed by atoms with E-state index in [0.717, 1.165) is 48.0 Å². The number of anilines is 2. The van der Waals surface area contributed by atoms with Gasteiger partial charge < -0.3 is 10.6 Å². The average molecular weight is 291 g/mol. The van der Waals surface area contributed by atoms with E-state index in [1.807, 2.05) is 24.7 Å². The first-order valence-corrected chi connectivity index (χ1v) is 7.25. The Balaban J connectivity index is 1.95. The molecule has 0 unspecified atom stereocenters. The van der Waals surface area contributed by atoms with Gasteiger partial charge in [0.05, 0.1) is 23.0 Å². The van der Waals surface area contributed by atoms with E-state index in [4.69, 9.17) is 17.3 Å². The fourth-order valence-corrected chi connectivity index (χ4v) is 3.08. The van der Waals surface area contributed by atoms with Crippen molar-refractivity contribution in [3.8, 4) is 0 Å². The number of aromatic nitrogens is 2. The first-order valence-electron chi connectivity index (χ1n) is 6.87. The Morgan fingerprint density at radius 1 is 1.40 bits per heavy atom. The summed E-state index contributed by atoms with van der Waals surface area (Å²) in [5, 5.41) is 5.15.